The number of ether oxygens (including phenoxy) is 1. The van der Waals surface area contributed by atoms with E-state index in [1.807, 2.05) is 6.07 Å². The largest absolute Gasteiger partial charge is 0.381 e. The van der Waals surface area contributed by atoms with Crippen molar-refractivity contribution in [1.29, 1.82) is 0 Å². The molecule has 0 bridgehead atoms. The van der Waals surface area contributed by atoms with E-state index in [0.717, 1.165) is 16.5 Å². The van der Waals surface area contributed by atoms with Gasteiger partial charge in [0.2, 0.25) is 0 Å². The van der Waals surface area contributed by atoms with E-state index in [4.69, 9.17) is 27.9 Å². The third-order valence-electron chi connectivity index (χ3n) is 3.99. The minimum Gasteiger partial charge on any atom is -0.381 e. The zero-order chi connectivity index (χ0) is 18.3. The van der Waals surface area contributed by atoms with Gasteiger partial charge in [-0.05, 0) is 6.07 Å². The molecule has 0 radical (unpaired) electrons. The summed E-state index contributed by atoms with van der Waals surface area (Å²) in [4.78, 5) is 7.46. The molecule has 1 unspecified atom stereocenters. The van der Waals surface area contributed by atoms with Gasteiger partial charge in [-0.15, -0.1) is 0 Å². The van der Waals surface area contributed by atoms with E-state index >= 15 is 0 Å². The third-order valence-corrected chi connectivity index (χ3v) is 4.79. The summed E-state index contributed by atoms with van der Waals surface area (Å²) in [7, 11) is 1.42. The number of hydrogen-bond acceptors (Lipinski definition) is 4. The fourth-order valence-electron chi connectivity index (χ4n) is 2.81. The molecule has 0 spiro atoms. The number of methoxy groups -OCH3 is 1. The van der Waals surface area contributed by atoms with Gasteiger partial charge < -0.3 is 9.72 Å². The number of hydrogen-bond donors (Lipinski definition) is 3. The molecule has 0 aliphatic carbocycles. The maximum atomic E-state index is 14.0. The van der Waals surface area contributed by atoms with Gasteiger partial charge in [-0.2, -0.15) is 10.2 Å². The van der Waals surface area contributed by atoms with Crippen molar-refractivity contribution in [3.63, 3.8) is 0 Å². The number of rotatable bonds is 5. The van der Waals surface area contributed by atoms with Crippen LogP contribution in [0.4, 0.5) is 4.39 Å². The van der Waals surface area contributed by atoms with Crippen LogP contribution in [0.1, 0.15) is 12.0 Å². The average molecular weight is 395 g/mol. The van der Waals surface area contributed by atoms with Gasteiger partial charge in [0, 0.05) is 29.8 Å². The first kappa shape index (κ1) is 17.0. The van der Waals surface area contributed by atoms with Gasteiger partial charge in [0.15, 0.2) is 17.8 Å². The summed E-state index contributed by atoms with van der Waals surface area (Å²) >= 11 is 12.5. The number of halogens is 3. The summed E-state index contributed by atoms with van der Waals surface area (Å²) in [6, 6.07) is 3.56. The smallest absolute Gasteiger partial charge is 0.198 e. The van der Waals surface area contributed by atoms with Crippen LogP contribution in [0, 0.1) is 0 Å². The van der Waals surface area contributed by atoms with Crippen molar-refractivity contribution in [2.75, 3.05) is 13.7 Å². The molecule has 4 aromatic rings. The minimum absolute atomic E-state index is 0.0859. The second kappa shape index (κ2) is 6.71. The second-order valence-electron chi connectivity index (χ2n) is 5.61. The molecule has 0 aliphatic rings. The van der Waals surface area contributed by atoms with Crippen molar-refractivity contribution in [2.24, 2.45) is 0 Å². The van der Waals surface area contributed by atoms with Crippen molar-refractivity contribution < 1.29 is 9.13 Å². The van der Waals surface area contributed by atoms with Gasteiger partial charge in [0.25, 0.3) is 0 Å². The minimum atomic E-state index is -1.40. The molecule has 134 valence electrons. The van der Waals surface area contributed by atoms with E-state index in [-0.39, 0.29) is 12.4 Å². The van der Waals surface area contributed by atoms with Crippen LogP contribution in [0.15, 0.2) is 24.5 Å². The van der Waals surface area contributed by atoms with E-state index in [0.29, 0.717) is 27.1 Å². The Bertz CT molecular complexity index is 1060. The molecule has 3 aromatic heterocycles. The van der Waals surface area contributed by atoms with Crippen molar-refractivity contribution in [3.05, 3.63) is 40.4 Å². The summed E-state index contributed by atoms with van der Waals surface area (Å²) in [6.07, 6.45) is 2.01. The maximum absolute atomic E-state index is 14.0. The molecular weight excluding hydrogens is 382 g/mol. The first-order chi connectivity index (χ1) is 12.6. The van der Waals surface area contributed by atoms with Gasteiger partial charge in [-0.25, -0.2) is 9.37 Å². The molecule has 7 nitrogen and oxygen atoms in total. The van der Waals surface area contributed by atoms with Crippen LogP contribution in [-0.2, 0) is 4.74 Å². The first-order valence-electron chi connectivity index (χ1n) is 7.64. The van der Waals surface area contributed by atoms with Crippen LogP contribution < -0.4 is 0 Å². The Kier molecular flexibility index (Phi) is 4.39. The normalized spacial score (nSPS) is 12.8. The fourth-order valence-corrected chi connectivity index (χ4v) is 3.18. The van der Waals surface area contributed by atoms with E-state index in [9.17, 15) is 4.39 Å². The van der Waals surface area contributed by atoms with Crippen LogP contribution in [-0.4, -0.2) is 44.1 Å². The van der Waals surface area contributed by atoms with Gasteiger partial charge in [0.05, 0.1) is 34.1 Å². The summed E-state index contributed by atoms with van der Waals surface area (Å²) in [5.74, 6) is 0.390. The highest BCUT2D eigenvalue weighted by Gasteiger charge is 2.23. The number of benzene rings is 1. The zero-order valence-electron chi connectivity index (χ0n) is 13.5. The SMILES string of the molecule is COCC(F)c1nc(-c2[nH]c3c(Cl)c(Cl)ccc3c2-c2cn[nH]c2)n[nH]1. The number of aromatic nitrogens is 6. The molecule has 10 heteroatoms. The van der Waals surface area contributed by atoms with E-state index in [2.05, 4.69) is 30.4 Å². The number of aromatic amines is 3. The van der Waals surface area contributed by atoms with Crippen LogP contribution in [0.5, 0.6) is 0 Å². The van der Waals surface area contributed by atoms with E-state index < -0.39 is 6.17 Å². The quantitative estimate of drug-likeness (QED) is 0.469. The molecule has 1 atom stereocenters. The van der Waals surface area contributed by atoms with Crippen molar-refractivity contribution in [3.8, 4) is 22.6 Å². The van der Waals surface area contributed by atoms with Crippen LogP contribution >= 0.6 is 23.2 Å². The Balaban J connectivity index is 1.92. The van der Waals surface area contributed by atoms with Gasteiger partial charge in [-0.3, -0.25) is 10.2 Å². The zero-order valence-corrected chi connectivity index (χ0v) is 15.0. The summed E-state index contributed by atoms with van der Waals surface area (Å²) in [6.45, 7) is -0.114. The van der Waals surface area contributed by atoms with Crippen LogP contribution in [0.3, 0.4) is 0 Å². The average Bonchev–Trinajstić information content (AvgIpc) is 3.36. The molecule has 3 heterocycles. The lowest BCUT2D eigenvalue weighted by atomic mass is 10.0. The Morgan fingerprint density at radius 2 is 2.15 bits per heavy atom. The molecule has 4 rings (SSSR count). The van der Waals surface area contributed by atoms with E-state index in [1.165, 1.54) is 7.11 Å². The number of H-pyrrole nitrogens is 3. The van der Waals surface area contributed by atoms with Gasteiger partial charge >= 0.3 is 0 Å². The predicted octanol–water partition coefficient (Wildman–Crippen LogP) is 4.31. The number of alkyl halides is 1. The molecule has 26 heavy (non-hydrogen) atoms. The molecule has 3 N–H and O–H groups in total. The van der Waals surface area contributed by atoms with E-state index in [1.54, 1.807) is 18.5 Å². The molecular formula is C16H13Cl2FN6O. The van der Waals surface area contributed by atoms with Crippen molar-refractivity contribution in [2.45, 2.75) is 6.17 Å². The molecule has 0 fully saturated rings. The predicted molar refractivity (Wildman–Crippen MR) is 97.0 cm³/mol. The van der Waals surface area contributed by atoms with Gasteiger partial charge in [0.1, 0.15) is 0 Å². The Labute approximate surface area is 156 Å². The molecule has 1 aromatic carbocycles. The number of nitrogens with one attached hydrogen (secondary N) is 3. The van der Waals surface area contributed by atoms with Crippen LogP contribution in [0.2, 0.25) is 10.0 Å². The lowest BCUT2D eigenvalue weighted by molar-refractivity contribution is 0.120. The third kappa shape index (κ3) is 2.76. The second-order valence-corrected chi connectivity index (χ2v) is 6.40. The van der Waals surface area contributed by atoms with Crippen molar-refractivity contribution in [1.82, 2.24) is 30.4 Å². The standard InChI is InChI=1S/C16H13Cl2FN6O/c1-26-6-10(19)15-23-16(25-24-15)14-11(7-4-20-21-5-7)8-2-3-9(17)12(18)13(8)22-14/h2-5,10,22H,6H2,1H3,(H,20,21)(H,23,24,25). The maximum Gasteiger partial charge on any atom is 0.198 e. The Morgan fingerprint density at radius 3 is 2.88 bits per heavy atom. The topological polar surface area (TPSA) is 95.3 Å². The van der Waals surface area contributed by atoms with Crippen LogP contribution in [0.25, 0.3) is 33.5 Å². The lowest BCUT2D eigenvalue weighted by Crippen LogP contribution is -2.02. The Hall–Kier alpha value is -2.42. The van der Waals surface area contributed by atoms with Gasteiger partial charge in [-0.1, -0.05) is 29.3 Å². The summed E-state index contributed by atoms with van der Waals surface area (Å²) in [5, 5.41) is 15.2. The molecule has 0 saturated carbocycles. The highest BCUT2D eigenvalue weighted by Crippen LogP contribution is 2.41. The summed E-state index contributed by atoms with van der Waals surface area (Å²) < 4.78 is 18.9. The Morgan fingerprint density at radius 1 is 1.31 bits per heavy atom. The highest BCUT2D eigenvalue weighted by molar-refractivity contribution is 6.45. The highest BCUT2D eigenvalue weighted by atomic mass is 35.5. The fraction of sp³-hybridized carbons (Fsp3) is 0.188. The molecule has 0 aliphatic heterocycles. The van der Waals surface area contributed by atoms with Crippen molar-refractivity contribution >= 4 is 34.1 Å². The number of fused-ring (bicyclic) bond motifs is 1. The molecule has 0 amide bonds. The number of nitrogens with zero attached hydrogens (tertiary/aromatic N) is 3. The first-order valence-corrected chi connectivity index (χ1v) is 8.40. The molecule has 0 saturated heterocycles. The summed E-state index contributed by atoms with van der Waals surface area (Å²) in [5.41, 5.74) is 2.83. The monoisotopic (exact) mass is 394 g/mol. The lowest BCUT2D eigenvalue weighted by Gasteiger charge is -2.01.